The Kier molecular flexibility index (Phi) is 5.81. The second-order valence-electron chi connectivity index (χ2n) is 6.39. The highest BCUT2D eigenvalue weighted by molar-refractivity contribution is 6.33. The maximum Gasteiger partial charge on any atom is 0.337 e. The molecule has 27 heavy (non-hydrogen) atoms. The molecule has 2 N–H and O–H groups in total. The van der Waals surface area contributed by atoms with Crippen molar-refractivity contribution in [3.63, 3.8) is 0 Å². The number of carboxylic acids is 1. The minimum Gasteiger partial charge on any atom is -0.478 e. The van der Waals surface area contributed by atoms with Crippen LogP contribution in [0.15, 0.2) is 42.6 Å². The van der Waals surface area contributed by atoms with Crippen LogP contribution in [-0.4, -0.2) is 53.2 Å². The van der Waals surface area contributed by atoms with Crippen LogP contribution in [0.1, 0.15) is 28.9 Å². The van der Waals surface area contributed by atoms with Crippen molar-refractivity contribution >= 4 is 29.4 Å². The van der Waals surface area contributed by atoms with Crippen molar-refractivity contribution in [2.75, 3.05) is 31.1 Å². The van der Waals surface area contributed by atoms with Gasteiger partial charge in [-0.05, 0) is 18.6 Å². The van der Waals surface area contributed by atoms with Gasteiger partial charge in [-0.15, -0.1) is 0 Å². The van der Waals surface area contributed by atoms with E-state index in [4.69, 9.17) is 16.7 Å². The predicted octanol–water partition coefficient (Wildman–Crippen LogP) is 3.03. The van der Waals surface area contributed by atoms with Crippen LogP contribution >= 0.6 is 11.6 Å². The van der Waals surface area contributed by atoms with Crippen molar-refractivity contribution in [1.82, 2.24) is 15.2 Å². The van der Waals surface area contributed by atoms with Gasteiger partial charge in [-0.25, -0.2) is 14.6 Å². The Labute approximate surface area is 162 Å². The van der Waals surface area contributed by atoms with Gasteiger partial charge in [0, 0.05) is 32.4 Å². The lowest BCUT2D eigenvalue weighted by atomic mass is 10.1. The van der Waals surface area contributed by atoms with Gasteiger partial charge in [0.1, 0.15) is 5.82 Å². The van der Waals surface area contributed by atoms with Crippen LogP contribution in [0.4, 0.5) is 10.6 Å². The number of carboxylic acid groups (broad SMARTS) is 1. The fourth-order valence-corrected chi connectivity index (χ4v) is 3.29. The zero-order chi connectivity index (χ0) is 19.4. The van der Waals surface area contributed by atoms with Crippen molar-refractivity contribution in [1.29, 1.82) is 0 Å². The van der Waals surface area contributed by atoms with E-state index in [1.54, 1.807) is 4.90 Å². The molecule has 1 aromatic carbocycles. The largest absolute Gasteiger partial charge is 0.478 e. The number of urea groups is 1. The summed E-state index contributed by atoms with van der Waals surface area (Å²) in [6, 6.07) is 11.0. The van der Waals surface area contributed by atoms with Crippen LogP contribution in [0.25, 0.3) is 0 Å². The molecule has 1 saturated heterocycles. The number of nitrogens with zero attached hydrogens (tertiary/aromatic N) is 3. The number of pyridine rings is 1. The summed E-state index contributed by atoms with van der Waals surface area (Å²) >= 11 is 6.18. The number of amides is 2. The maximum atomic E-state index is 12.5. The minimum absolute atomic E-state index is 0.0525. The molecule has 1 aliphatic heterocycles. The number of aromatic nitrogens is 1. The standard InChI is InChI=1S/C19H21ClN4O3/c1-13(14-5-3-2-4-6-14)22-19(27)24-9-7-23(8-10-24)17-16(20)11-15(12-21-17)18(25)26/h2-6,11-13H,7-10H2,1H3,(H,22,27)(H,25,26)/t13-/m0/s1. The number of rotatable bonds is 4. The highest BCUT2D eigenvalue weighted by atomic mass is 35.5. The van der Waals surface area contributed by atoms with Gasteiger partial charge in [0.25, 0.3) is 0 Å². The van der Waals surface area contributed by atoms with Crippen LogP contribution in [-0.2, 0) is 0 Å². The Morgan fingerprint density at radius 3 is 2.44 bits per heavy atom. The SMILES string of the molecule is C[C@H](NC(=O)N1CCN(c2ncc(C(=O)O)cc2Cl)CC1)c1ccccc1. The lowest BCUT2D eigenvalue weighted by Crippen LogP contribution is -2.52. The maximum absolute atomic E-state index is 12.5. The molecule has 7 nitrogen and oxygen atoms in total. The molecule has 3 rings (SSSR count). The number of carbonyl (C=O) groups is 2. The lowest BCUT2D eigenvalue weighted by Gasteiger charge is -2.36. The summed E-state index contributed by atoms with van der Waals surface area (Å²) < 4.78 is 0. The number of hydrogen-bond donors (Lipinski definition) is 2. The zero-order valence-electron chi connectivity index (χ0n) is 14.9. The summed E-state index contributed by atoms with van der Waals surface area (Å²) in [5.41, 5.74) is 1.11. The summed E-state index contributed by atoms with van der Waals surface area (Å²) in [4.78, 5) is 31.4. The summed E-state index contributed by atoms with van der Waals surface area (Å²) in [6.07, 6.45) is 1.30. The van der Waals surface area contributed by atoms with E-state index in [1.807, 2.05) is 42.2 Å². The third-order valence-electron chi connectivity index (χ3n) is 4.57. The van der Waals surface area contributed by atoms with Crippen LogP contribution in [0.5, 0.6) is 0 Å². The fourth-order valence-electron chi connectivity index (χ4n) is 3.00. The molecule has 8 heteroatoms. The first-order chi connectivity index (χ1) is 13.0. The molecular weight excluding hydrogens is 368 g/mol. The molecule has 2 heterocycles. The highest BCUT2D eigenvalue weighted by Crippen LogP contribution is 2.25. The normalized spacial score (nSPS) is 15.3. The van der Waals surface area contributed by atoms with Crippen LogP contribution < -0.4 is 10.2 Å². The van der Waals surface area contributed by atoms with Gasteiger partial charge in [0.2, 0.25) is 0 Å². The van der Waals surface area contributed by atoms with Crippen molar-refractivity contribution in [2.45, 2.75) is 13.0 Å². The summed E-state index contributed by atoms with van der Waals surface area (Å²) in [6.45, 7) is 4.17. The number of anilines is 1. The van der Waals surface area contributed by atoms with Gasteiger partial charge in [-0.3, -0.25) is 0 Å². The molecule has 0 spiro atoms. The first-order valence-electron chi connectivity index (χ1n) is 8.70. The molecule has 1 fully saturated rings. The number of piperazine rings is 1. The Morgan fingerprint density at radius 1 is 1.19 bits per heavy atom. The Bertz CT molecular complexity index is 823. The molecule has 0 bridgehead atoms. The smallest absolute Gasteiger partial charge is 0.337 e. The van der Waals surface area contributed by atoms with E-state index in [-0.39, 0.29) is 17.6 Å². The Morgan fingerprint density at radius 2 is 1.85 bits per heavy atom. The van der Waals surface area contributed by atoms with Gasteiger partial charge in [0.05, 0.1) is 16.6 Å². The van der Waals surface area contributed by atoms with E-state index in [1.165, 1.54) is 12.3 Å². The van der Waals surface area contributed by atoms with Crippen molar-refractivity contribution in [2.24, 2.45) is 0 Å². The van der Waals surface area contributed by atoms with E-state index >= 15 is 0 Å². The fraction of sp³-hybridized carbons (Fsp3) is 0.316. The minimum atomic E-state index is -1.06. The number of aromatic carboxylic acids is 1. The molecule has 1 aromatic heterocycles. The number of halogens is 1. The zero-order valence-corrected chi connectivity index (χ0v) is 15.7. The topological polar surface area (TPSA) is 85.8 Å². The lowest BCUT2D eigenvalue weighted by molar-refractivity contribution is 0.0696. The van der Waals surface area contributed by atoms with Crippen LogP contribution in [0, 0.1) is 0 Å². The van der Waals surface area contributed by atoms with Crippen molar-refractivity contribution in [3.8, 4) is 0 Å². The first kappa shape index (κ1) is 19.0. The van der Waals surface area contributed by atoms with Gasteiger partial charge in [-0.2, -0.15) is 0 Å². The molecule has 0 saturated carbocycles. The Hall–Kier alpha value is -2.80. The molecule has 0 radical (unpaired) electrons. The van der Waals surface area contributed by atoms with Crippen molar-refractivity contribution in [3.05, 3.63) is 58.7 Å². The van der Waals surface area contributed by atoms with Crippen LogP contribution in [0.2, 0.25) is 5.02 Å². The number of nitrogens with one attached hydrogen (secondary N) is 1. The van der Waals surface area contributed by atoms with E-state index in [2.05, 4.69) is 10.3 Å². The second kappa shape index (κ2) is 8.26. The number of carbonyl (C=O) groups excluding carboxylic acids is 1. The summed E-state index contributed by atoms with van der Waals surface area (Å²) in [5, 5.41) is 12.3. The second-order valence-corrected chi connectivity index (χ2v) is 6.80. The molecule has 0 aliphatic carbocycles. The average molecular weight is 389 g/mol. The third kappa shape index (κ3) is 4.49. The first-order valence-corrected chi connectivity index (χ1v) is 9.07. The molecule has 142 valence electrons. The molecule has 1 aliphatic rings. The molecule has 0 unspecified atom stereocenters. The quantitative estimate of drug-likeness (QED) is 0.840. The predicted molar refractivity (Wildman–Crippen MR) is 103 cm³/mol. The van der Waals surface area contributed by atoms with Crippen LogP contribution in [0.3, 0.4) is 0 Å². The van der Waals surface area contributed by atoms with E-state index in [0.717, 1.165) is 5.56 Å². The molecule has 2 aromatic rings. The third-order valence-corrected chi connectivity index (χ3v) is 4.85. The summed E-state index contributed by atoms with van der Waals surface area (Å²) in [5.74, 6) is -0.524. The highest BCUT2D eigenvalue weighted by Gasteiger charge is 2.24. The monoisotopic (exact) mass is 388 g/mol. The van der Waals surface area contributed by atoms with E-state index in [9.17, 15) is 9.59 Å². The number of hydrogen-bond acceptors (Lipinski definition) is 4. The van der Waals surface area contributed by atoms with Gasteiger partial charge < -0.3 is 20.2 Å². The Balaban J connectivity index is 1.57. The average Bonchev–Trinajstić information content (AvgIpc) is 2.68. The summed E-state index contributed by atoms with van der Waals surface area (Å²) in [7, 11) is 0. The van der Waals surface area contributed by atoms with E-state index in [0.29, 0.717) is 37.0 Å². The van der Waals surface area contributed by atoms with Gasteiger partial charge in [-0.1, -0.05) is 41.9 Å². The van der Waals surface area contributed by atoms with Gasteiger partial charge >= 0.3 is 12.0 Å². The molecule has 2 amide bonds. The number of benzene rings is 1. The van der Waals surface area contributed by atoms with Crippen molar-refractivity contribution < 1.29 is 14.7 Å². The van der Waals surface area contributed by atoms with Gasteiger partial charge in [0.15, 0.2) is 0 Å². The van der Waals surface area contributed by atoms with E-state index < -0.39 is 5.97 Å². The molecule has 1 atom stereocenters. The molecular formula is C19H21ClN4O3.